The molecule has 18 heteroatoms. The summed E-state index contributed by atoms with van der Waals surface area (Å²) in [6.07, 6.45) is -13.7. The number of benzene rings is 3. The number of rotatable bonds is 10. The summed E-state index contributed by atoms with van der Waals surface area (Å²) >= 11 is 0. The number of fused-ring (bicyclic) bond motifs is 4. The van der Waals surface area contributed by atoms with Crippen LogP contribution in [0.25, 0.3) is 10.8 Å². The number of phenolic OH excluding ortho intramolecular Hbond substituents is 1. The zero-order chi connectivity index (χ0) is 47.6. The van der Waals surface area contributed by atoms with E-state index >= 15 is 0 Å². The molecule has 5 saturated heterocycles. The van der Waals surface area contributed by atoms with Gasteiger partial charge in [0.15, 0.2) is 36.7 Å². The lowest BCUT2D eigenvalue weighted by atomic mass is 9.81. The Hall–Kier alpha value is -3.70. The van der Waals surface area contributed by atoms with Crippen molar-refractivity contribution in [3.63, 3.8) is 0 Å². The van der Waals surface area contributed by atoms with Crippen molar-refractivity contribution in [3.8, 4) is 11.5 Å². The highest BCUT2D eigenvalue weighted by Crippen LogP contribution is 2.41. The standard InChI is InChI=1S/C49H62O18/c1-20-14-26-10-11-28-43(41(26)29(50)15-20)47(57)27-8-7-9-34(42(27)46(28)56)64-38-18-32(53)49(25(6)62-38)67-40-19-35(45(55)23(4)60-40)65-36-13-12-33(21(2)58-36)63-37-17-31(52)48(24(5)61-37)66-39-16-30(51)44(54)22(3)59-39/h7-11,14-15,21-25,30-33,35-40,44-45,48-55H,12-13,16-19H2,1-6H3/t21-,22+,23+,24+,25+,30+,31+,32+,33-,35+,36-,37-,38-,39-,40-,44+,45+,48+,49+/m0/s1. The summed E-state index contributed by atoms with van der Waals surface area (Å²) in [5.41, 5.74) is 1.31. The largest absolute Gasteiger partial charge is 0.507 e. The molecule has 6 aliphatic rings. The molecule has 0 aromatic heterocycles. The van der Waals surface area contributed by atoms with Gasteiger partial charge in [0.05, 0.1) is 66.6 Å². The summed E-state index contributed by atoms with van der Waals surface area (Å²) < 4.78 is 61.4. The molecule has 0 bridgehead atoms. The number of ketones is 2. The van der Waals surface area contributed by atoms with Crippen molar-refractivity contribution in [2.24, 2.45) is 0 Å². The van der Waals surface area contributed by atoms with E-state index in [1.54, 1.807) is 64.1 Å². The van der Waals surface area contributed by atoms with Crippen LogP contribution in [0.5, 0.6) is 11.5 Å². The maximum Gasteiger partial charge on any atom is 0.202 e. The Kier molecular flexibility index (Phi) is 14.1. The van der Waals surface area contributed by atoms with Crippen LogP contribution in [0.1, 0.15) is 111 Å². The quantitative estimate of drug-likeness (QED) is 0.133. The van der Waals surface area contributed by atoms with Gasteiger partial charge >= 0.3 is 0 Å². The summed E-state index contributed by atoms with van der Waals surface area (Å²) in [4.78, 5) is 28.0. The van der Waals surface area contributed by atoms with Crippen molar-refractivity contribution in [2.75, 3.05) is 0 Å². The van der Waals surface area contributed by atoms with Gasteiger partial charge in [-0.2, -0.15) is 0 Å². The number of hydrogen-bond donors (Lipinski definition) is 6. The summed E-state index contributed by atoms with van der Waals surface area (Å²) in [6.45, 7) is 10.5. The lowest BCUT2D eigenvalue weighted by molar-refractivity contribution is -0.336. The number of hydrogen-bond acceptors (Lipinski definition) is 18. The fourth-order valence-corrected chi connectivity index (χ4v) is 10.4. The Balaban J connectivity index is 0.767. The molecular formula is C49H62O18. The number of aryl methyl sites for hydroxylation is 1. The highest BCUT2D eigenvalue weighted by atomic mass is 16.8. The normalized spacial score (nSPS) is 40.3. The van der Waals surface area contributed by atoms with Crippen LogP contribution >= 0.6 is 0 Å². The summed E-state index contributed by atoms with van der Waals surface area (Å²) in [7, 11) is 0. The molecule has 0 amide bonds. The molecule has 9 rings (SSSR count). The number of aliphatic hydroxyl groups excluding tert-OH is 5. The second-order valence-electron chi connectivity index (χ2n) is 18.9. The second kappa shape index (κ2) is 19.6. The van der Waals surface area contributed by atoms with E-state index in [0.29, 0.717) is 23.6 Å². The van der Waals surface area contributed by atoms with Gasteiger partial charge in [-0.3, -0.25) is 9.59 Å². The van der Waals surface area contributed by atoms with Crippen molar-refractivity contribution in [2.45, 2.75) is 197 Å². The van der Waals surface area contributed by atoms with Gasteiger partial charge in [-0.25, -0.2) is 0 Å². The minimum atomic E-state index is -1.09. The zero-order valence-electron chi connectivity index (χ0n) is 38.3. The van der Waals surface area contributed by atoms with Gasteiger partial charge < -0.3 is 78.0 Å². The number of carbonyl (C=O) groups is 2. The molecule has 0 radical (unpaired) electrons. The minimum absolute atomic E-state index is 0.0409. The van der Waals surface area contributed by atoms with Crippen molar-refractivity contribution >= 4 is 22.3 Å². The molecule has 19 atom stereocenters. The molecule has 0 saturated carbocycles. The Labute approximate surface area is 387 Å². The lowest BCUT2D eigenvalue weighted by Crippen LogP contribution is -2.56. The van der Waals surface area contributed by atoms with Gasteiger partial charge in [0.25, 0.3) is 0 Å². The van der Waals surface area contributed by atoms with Crippen LogP contribution in [0, 0.1) is 6.92 Å². The van der Waals surface area contributed by atoms with E-state index in [-0.39, 0.29) is 65.5 Å². The van der Waals surface area contributed by atoms with E-state index in [1.165, 1.54) is 0 Å². The number of aliphatic hydroxyl groups is 5. The van der Waals surface area contributed by atoms with Gasteiger partial charge in [0, 0.05) is 54.2 Å². The van der Waals surface area contributed by atoms with Crippen LogP contribution in [0.3, 0.4) is 0 Å². The maximum absolute atomic E-state index is 14.0. The molecule has 3 aromatic rings. The van der Waals surface area contributed by atoms with Crippen LogP contribution in [0.2, 0.25) is 0 Å². The van der Waals surface area contributed by atoms with Gasteiger partial charge in [-0.1, -0.05) is 24.3 Å². The topological polar surface area (TPSA) is 248 Å². The van der Waals surface area contributed by atoms with Crippen LogP contribution < -0.4 is 4.74 Å². The SMILES string of the molecule is Cc1cc(O)c2c3c(ccc2c1)C(=O)c1c(O[C@H]2C[C@@H](O)[C@H](O[C@H]4C[C@@H](O[C@H]5CC[C@H](O[C@H]6C[C@@H](O)[C@H](O[C@H]7C[C@@H](O)[C@H](O)[C@@H](C)O7)[C@@H](C)O6)[C@H](C)O5)[C@H](O)[C@@H](C)O4)[C@@H](C)O2)cccc1C3=O. The van der Waals surface area contributed by atoms with Gasteiger partial charge in [0.2, 0.25) is 6.29 Å². The Morgan fingerprint density at radius 1 is 0.537 bits per heavy atom. The summed E-state index contributed by atoms with van der Waals surface area (Å²) in [6, 6.07) is 11.4. The van der Waals surface area contributed by atoms with E-state index in [4.69, 9.17) is 47.4 Å². The molecule has 366 valence electrons. The van der Waals surface area contributed by atoms with Crippen LogP contribution in [-0.4, -0.2) is 159 Å². The smallest absolute Gasteiger partial charge is 0.202 e. The van der Waals surface area contributed by atoms with Gasteiger partial charge in [0.1, 0.15) is 35.9 Å². The predicted molar refractivity (Wildman–Crippen MR) is 233 cm³/mol. The first kappa shape index (κ1) is 48.3. The number of phenols is 1. The zero-order valence-corrected chi connectivity index (χ0v) is 38.3. The predicted octanol–water partition coefficient (Wildman–Crippen LogP) is 3.42. The average Bonchev–Trinajstić information content (AvgIpc) is 3.26. The third-order valence-corrected chi connectivity index (χ3v) is 13.9. The van der Waals surface area contributed by atoms with Crippen molar-refractivity contribution < 1.29 is 87.6 Å². The molecule has 18 nitrogen and oxygen atoms in total. The van der Waals surface area contributed by atoms with Crippen molar-refractivity contribution in [1.29, 1.82) is 0 Å². The van der Waals surface area contributed by atoms with Crippen molar-refractivity contribution in [1.82, 2.24) is 0 Å². The Morgan fingerprint density at radius 3 is 1.76 bits per heavy atom. The molecule has 5 aliphatic heterocycles. The lowest BCUT2D eigenvalue weighted by Gasteiger charge is -2.45. The maximum atomic E-state index is 14.0. The van der Waals surface area contributed by atoms with E-state index in [2.05, 4.69) is 0 Å². The van der Waals surface area contributed by atoms with E-state index in [9.17, 15) is 40.2 Å². The van der Waals surface area contributed by atoms with E-state index in [1.807, 2.05) is 19.9 Å². The molecule has 1 aliphatic carbocycles. The van der Waals surface area contributed by atoms with Crippen LogP contribution in [0.4, 0.5) is 0 Å². The monoisotopic (exact) mass is 938 g/mol. The molecule has 67 heavy (non-hydrogen) atoms. The fraction of sp³-hybridized carbons (Fsp3) is 0.633. The molecule has 0 spiro atoms. The molecule has 6 N–H and O–H groups in total. The number of aromatic hydroxyl groups is 1. The molecule has 5 heterocycles. The molecule has 5 fully saturated rings. The van der Waals surface area contributed by atoms with Gasteiger partial charge in [-0.05, 0) is 77.1 Å². The van der Waals surface area contributed by atoms with E-state index < -0.39 is 122 Å². The average molecular weight is 939 g/mol. The molecule has 0 unspecified atom stereocenters. The number of carbonyl (C=O) groups excluding carboxylic acids is 2. The highest BCUT2D eigenvalue weighted by molar-refractivity contribution is 6.33. The summed E-state index contributed by atoms with van der Waals surface area (Å²) in [5, 5.41) is 65.6. The second-order valence-corrected chi connectivity index (χ2v) is 18.9. The first-order valence-electron chi connectivity index (χ1n) is 23.4. The summed E-state index contributed by atoms with van der Waals surface area (Å²) in [5.74, 6) is -0.818. The fourth-order valence-electron chi connectivity index (χ4n) is 10.4. The molecule has 3 aromatic carbocycles. The first-order chi connectivity index (χ1) is 31.9. The number of ether oxygens (including phenoxy) is 10. The Morgan fingerprint density at radius 2 is 1.09 bits per heavy atom. The first-order valence-corrected chi connectivity index (χ1v) is 23.4. The van der Waals surface area contributed by atoms with Crippen LogP contribution in [0.15, 0.2) is 42.5 Å². The van der Waals surface area contributed by atoms with E-state index in [0.717, 1.165) is 5.56 Å². The minimum Gasteiger partial charge on any atom is -0.507 e. The molecular weight excluding hydrogens is 877 g/mol. The third-order valence-electron chi connectivity index (χ3n) is 13.9. The van der Waals surface area contributed by atoms with Crippen LogP contribution in [-0.2, 0) is 42.6 Å². The van der Waals surface area contributed by atoms with Crippen molar-refractivity contribution in [3.05, 3.63) is 70.3 Å². The third kappa shape index (κ3) is 9.77. The Bertz CT molecular complexity index is 2250. The van der Waals surface area contributed by atoms with Gasteiger partial charge in [-0.15, -0.1) is 0 Å². The highest BCUT2D eigenvalue weighted by Gasteiger charge is 2.47.